The van der Waals surface area contributed by atoms with E-state index >= 15 is 0 Å². The van der Waals surface area contributed by atoms with E-state index in [4.69, 9.17) is 10.5 Å². The summed E-state index contributed by atoms with van der Waals surface area (Å²) in [5.74, 6) is 2.43. The van der Waals surface area contributed by atoms with E-state index < -0.39 is 0 Å². The van der Waals surface area contributed by atoms with E-state index in [0.717, 1.165) is 24.6 Å². The van der Waals surface area contributed by atoms with Crippen LogP contribution in [0, 0.1) is 11.8 Å². The number of hydrogen-bond acceptors (Lipinski definition) is 2. The number of methoxy groups -OCH3 is 1. The lowest BCUT2D eigenvalue weighted by atomic mass is 9.86. The van der Waals surface area contributed by atoms with Crippen molar-refractivity contribution in [2.24, 2.45) is 17.6 Å². The fourth-order valence-corrected chi connectivity index (χ4v) is 2.97. The van der Waals surface area contributed by atoms with Crippen LogP contribution in [0.3, 0.4) is 0 Å². The summed E-state index contributed by atoms with van der Waals surface area (Å²) in [5, 5.41) is 0. The largest absolute Gasteiger partial charge is 0.497 e. The third-order valence-electron chi connectivity index (χ3n) is 4.00. The standard InChI is InChI=1S/C15H23NO/c1-17-15-8-4-5-12(10-15)9-14(11-16)13-6-2-3-7-13/h4-5,8,10,13-14H,2-3,6-7,9,11,16H2,1H3. The quantitative estimate of drug-likeness (QED) is 0.848. The Hall–Kier alpha value is -1.02. The Bertz CT molecular complexity index is 345. The van der Waals surface area contributed by atoms with Crippen molar-refractivity contribution in [1.29, 1.82) is 0 Å². The Morgan fingerprint density at radius 1 is 1.35 bits per heavy atom. The van der Waals surface area contributed by atoms with Crippen molar-refractivity contribution in [3.05, 3.63) is 29.8 Å². The van der Waals surface area contributed by atoms with Crippen molar-refractivity contribution in [1.82, 2.24) is 0 Å². The monoisotopic (exact) mass is 233 g/mol. The molecule has 0 aromatic heterocycles. The van der Waals surface area contributed by atoms with Gasteiger partial charge < -0.3 is 10.5 Å². The molecular formula is C15H23NO. The van der Waals surface area contributed by atoms with Gasteiger partial charge in [0.15, 0.2) is 0 Å². The second-order valence-electron chi connectivity index (χ2n) is 5.10. The third kappa shape index (κ3) is 3.22. The molecule has 0 bridgehead atoms. The van der Waals surface area contributed by atoms with Crippen LogP contribution in [0.25, 0.3) is 0 Å². The van der Waals surface area contributed by atoms with Crippen LogP contribution in [0.5, 0.6) is 5.75 Å². The van der Waals surface area contributed by atoms with Crippen molar-refractivity contribution >= 4 is 0 Å². The third-order valence-corrected chi connectivity index (χ3v) is 4.00. The molecule has 2 rings (SSSR count). The summed E-state index contributed by atoms with van der Waals surface area (Å²) >= 11 is 0. The molecule has 1 aliphatic rings. The zero-order chi connectivity index (χ0) is 12.1. The van der Waals surface area contributed by atoms with Gasteiger partial charge in [-0.25, -0.2) is 0 Å². The van der Waals surface area contributed by atoms with E-state index in [0.29, 0.717) is 5.92 Å². The van der Waals surface area contributed by atoms with Crippen molar-refractivity contribution in [2.45, 2.75) is 32.1 Å². The first-order chi connectivity index (χ1) is 8.33. The fraction of sp³-hybridized carbons (Fsp3) is 0.600. The van der Waals surface area contributed by atoms with E-state index in [1.165, 1.54) is 31.2 Å². The molecule has 0 aliphatic heterocycles. The lowest BCUT2D eigenvalue weighted by molar-refractivity contribution is 0.344. The van der Waals surface area contributed by atoms with Gasteiger partial charge in [-0.3, -0.25) is 0 Å². The van der Waals surface area contributed by atoms with Gasteiger partial charge in [0, 0.05) is 0 Å². The molecule has 94 valence electrons. The van der Waals surface area contributed by atoms with Crippen LogP contribution in [-0.2, 0) is 6.42 Å². The normalized spacial score (nSPS) is 18.2. The summed E-state index contributed by atoms with van der Waals surface area (Å²) < 4.78 is 5.26. The molecule has 1 unspecified atom stereocenters. The predicted octanol–water partition coefficient (Wildman–Crippen LogP) is 3.00. The first-order valence-corrected chi connectivity index (χ1v) is 6.66. The molecule has 2 heteroatoms. The Morgan fingerprint density at radius 2 is 2.12 bits per heavy atom. The molecule has 1 fully saturated rings. The minimum atomic E-state index is 0.643. The first kappa shape index (κ1) is 12.4. The smallest absolute Gasteiger partial charge is 0.119 e. The maximum atomic E-state index is 5.94. The molecule has 1 aromatic carbocycles. The van der Waals surface area contributed by atoms with Crippen LogP contribution in [-0.4, -0.2) is 13.7 Å². The molecule has 0 heterocycles. The van der Waals surface area contributed by atoms with E-state index in [-0.39, 0.29) is 0 Å². The van der Waals surface area contributed by atoms with E-state index in [2.05, 4.69) is 18.2 Å². The van der Waals surface area contributed by atoms with Gasteiger partial charge in [0.25, 0.3) is 0 Å². The highest BCUT2D eigenvalue weighted by molar-refractivity contribution is 5.28. The van der Waals surface area contributed by atoms with Crippen molar-refractivity contribution in [2.75, 3.05) is 13.7 Å². The summed E-state index contributed by atoms with van der Waals surface area (Å²) in [6.45, 7) is 0.807. The minimum Gasteiger partial charge on any atom is -0.497 e. The molecule has 1 aliphatic carbocycles. The topological polar surface area (TPSA) is 35.2 Å². The molecule has 1 atom stereocenters. The fourth-order valence-electron chi connectivity index (χ4n) is 2.97. The Balaban J connectivity index is 2.01. The van der Waals surface area contributed by atoms with Gasteiger partial charge in [-0.1, -0.05) is 37.8 Å². The van der Waals surface area contributed by atoms with Gasteiger partial charge in [0.05, 0.1) is 7.11 Å². The van der Waals surface area contributed by atoms with Crippen molar-refractivity contribution < 1.29 is 4.74 Å². The Kier molecular flexibility index (Phi) is 4.43. The van der Waals surface area contributed by atoms with Gasteiger partial charge >= 0.3 is 0 Å². The van der Waals surface area contributed by atoms with Gasteiger partial charge in [-0.15, -0.1) is 0 Å². The van der Waals surface area contributed by atoms with E-state index in [1.54, 1.807) is 7.11 Å². The van der Waals surface area contributed by atoms with E-state index in [9.17, 15) is 0 Å². The van der Waals surface area contributed by atoms with E-state index in [1.807, 2.05) is 6.07 Å². The summed E-state index contributed by atoms with van der Waals surface area (Å²) in [4.78, 5) is 0. The van der Waals surface area contributed by atoms with Crippen LogP contribution in [0.2, 0.25) is 0 Å². The Labute approximate surface area is 104 Å². The zero-order valence-corrected chi connectivity index (χ0v) is 10.7. The van der Waals surface area contributed by atoms with Gasteiger partial charge in [-0.05, 0) is 42.5 Å². The molecule has 2 N–H and O–H groups in total. The van der Waals surface area contributed by atoms with Crippen LogP contribution in [0.15, 0.2) is 24.3 Å². The van der Waals surface area contributed by atoms with Crippen LogP contribution >= 0.6 is 0 Å². The van der Waals surface area contributed by atoms with Gasteiger partial charge in [0.1, 0.15) is 5.75 Å². The highest BCUT2D eigenvalue weighted by Gasteiger charge is 2.24. The van der Waals surface area contributed by atoms with Gasteiger partial charge in [-0.2, -0.15) is 0 Å². The number of rotatable bonds is 5. The number of nitrogens with two attached hydrogens (primary N) is 1. The molecule has 0 spiro atoms. The highest BCUT2D eigenvalue weighted by Crippen LogP contribution is 2.33. The Morgan fingerprint density at radius 3 is 2.76 bits per heavy atom. The molecule has 0 amide bonds. The van der Waals surface area contributed by atoms with Crippen LogP contribution < -0.4 is 10.5 Å². The van der Waals surface area contributed by atoms with Crippen LogP contribution in [0.1, 0.15) is 31.2 Å². The highest BCUT2D eigenvalue weighted by atomic mass is 16.5. The summed E-state index contributed by atoms with van der Waals surface area (Å²) in [6, 6.07) is 8.38. The molecule has 0 radical (unpaired) electrons. The lowest BCUT2D eigenvalue weighted by Gasteiger charge is -2.22. The molecule has 1 aromatic rings. The second-order valence-corrected chi connectivity index (χ2v) is 5.10. The minimum absolute atomic E-state index is 0.643. The van der Waals surface area contributed by atoms with Gasteiger partial charge in [0.2, 0.25) is 0 Å². The summed E-state index contributed by atoms with van der Waals surface area (Å²) in [5.41, 5.74) is 7.29. The summed E-state index contributed by atoms with van der Waals surface area (Å²) in [7, 11) is 1.72. The van der Waals surface area contributed by atoms with Crippen molar-refractivity contribution in [3.8, 4) is 5.75 Å². The molecule has 1 saturated carbocycles. The average Bonchev–Trinajstić information content (AvgIpc) is 2.90. The SMILES string of the molecule is COc1cccc(CC(CN)C2CCCC2)c1. The van der Waals surface area contributed by atoms with Crippen LogP contribution in [0.4, 0.5) is 0 Å². The number of hydrogen-bond donors (Lipinski definition) is 1. The first-order valence-electron chi connectivity index (χ1n) is 6.66. The maximum Gasteiger partial charge on any atom is 0.119 e. The predicted molar refractivity (Wildman–Crippen MR) is 71.2 cm³/mol. The average molecular weight is 233 g/mol. The molecule has 0 saturated heterocycles. The summed E-state index contributed by atoms with van der Waals surface area (Å²) in [6.07, 6.45) is 6.61. The molecular weight excluding hydrogens is 210 g/mol. The number of ether oxygens (including phenoxy) is 1. The van der Waals surface area contributed by atoms with Crippen molar-refractivity contribution in [3.63, 3.8) is 0 Å². The second kappa shape index (κ2) is 6.06. The molecule has 17 heavy (non-hydrogen) atoms. The zero-order valence-electron chi connectivity index (χ0n) is 10.7. The number of benzene rings is 1. The maximum absolute atomic E-state index is 5.94. The molecule has 2 nitrogen and oxygen atoms in total. The lowest BCUT2D eigenvalue weighted by Crippen LogP contribution is -2.23.